The first kappa shape index (κ1) is 17.5. The number of amides is 1. The van der Waals surface area contributed by atoms with Gasteiger partial charge >= 0.3 is 0 Å². The Kier molecular flexibility index (Phi) is 9.73. The van der Waals surface area contributed by atoms with Gasteiger partial charge in [0, 0.05) is 13.1 Å². The van der Waals surface area contributed by atoms with Crippen LogP contribution in [0.1, 0.15) is 71.1 Å². The largest absolute Gasteiger partial charge is 0.356 e. The second kappa shape index (κ2) is 11.1. The van der Waals surface area contributed by atoms with E-state index in [-0.39, 0.29) is 11.8 Å². The number of carbonyl (C=O) groups is 1. The zero-order valence-electron chi connectivity index (χ0n) is 13.6. The van der Waals surface area contributed by atoms with Crippen LogP contribution in [0.5, 0.6) is 0 Å². The normalized spacial score (nSPS) is 20.0. The van der Waals surface area contributed by atoms with Gasteiger partial charge in [0.25, 0.3) is 0 Å². The van der Waals surface area contributed by atoms with Crippen molar-refractivity contribution in [3.05, 3.63) is 0 Å². The van der Waals surface area contributed by atoms with Crippen LogP contribution in [0.3, 0.4) is 0 Å². The molecule has 0 aromatic heterocycles. The lowest BCUT2D eigenvalue weighted by Crippen LogP contribution is -2.41. The molecule has 1 heterocycles. The van der Waals surface area contributed by atoms with Gasteiger partial charge in [-0.15, -0.1) is 0 Å². The van der Waals surface area contributed by atoms with Crippen molar-refractivity contribution in [2.75, 3.05) is 26.7 Å². The third-order valence-electron chi connectivity index (χ3n) is 4.32. The molecule has 1 fully saturated rings. The first-order chi connectivity index (χ1) is 9.74. The molecule has 1 rings (SSSR count). The highest BCUT2D eigenvalue weighted by molar-refractivity contribution is 5.78. The average molecular weight is 282 g/mol. The number of hydrogen-bond acceptors (Lipinski definition) is 2. The summed E-state index contributed by atoms with van der Waals surface area (Å²) < 4.78 is 0. The summed E-state index contributed by atoms with van der Waals surface area (Å²) in [5, 5.41) is 3.12. The number of hydrogen-bond donors (Lipinski definition) is 1. The van der Waals surface area contributed by atoms with Gasteiger partial charge in [0.2, 0.25) is 5.91 Å². The fourth-order valence-corrected chi connectivity index (χ4v) is 3.00. The van der Waals surface area contributed by atoms with Crippen LogP contribution < -0.4 is 5.32 Å². The van der Waals surface area contributed by atoms with Gasteiger partial charge in [-0.3, -0.25) is 4.79 Å². The van der Waals surface area contributed by atoms with Crippen molar-refractivity contribution in [3.63, 3.8) is 0 Å². The number of nitrogens with one attached hydrogen (secondary N) is 1. The Labute approximate surface area is 125 Å². The minimum absolute atomic E-state index is 0.225. The molecule has 0 radical (unpaired) electrons. The SMILES string of the molecule is CCCCCCCCCCNC(=O)C1CCCN(C)C1. The van der Waals surface area contributed by atoms with Gasteiger partial charge < -0.3 is 10.2 Å². The van der Waals surface area contributed by atoms with Crippen molar-refractivity contribution in [1.29, 1.82) is 0 Å². The van der Waals surface area contributed by atoms with Gasteiger partial charge in [-0.05, 0) is 32.9 Å². The van der Waals surface area contributed by atoms with E-state index in [9.17, 15) is 4.79 Å². The van der Waals surface area contributed by atoms with Gasteiger partial charge in [-0.25, -0.2) is 0 Å². The van der Waals surface area contributed by atoms with Crippen molar-refractivity contribution in [1.82, 2.24) is 10.2 Å². The third kappa shape index (κ3) is 7.88. The molecule has 0 aromatic rings. The van der Waals surface area contributed by atoms with Crippen molar-refractivity contribution >= 4 is 5.91 Å². The van der Waals surface area contributed by atoms with E-state index < -0.39 is 0 Å². The number of rotatable bonds is 10. The molecule has 1 unspecified atom stereocenters. The first-order valence-electron chi connectivity index (χ1n) is 8.70. The second-order valence-electron chi connectivity index (χ2n) is 6.37. The van der Waals surface area contributed by atoms with E-state index in [1.54, 1.807) is 0 Å². The van der Waals surface area contributed by atoms with Crippen LogP contribution >= 0.6 is 0 Å². The molecule has 1 N–H and O–H groups in total. The molecule has 0 aliphatic carbocycles. The third-order valence-corrected chi connectivity index (χ3v) is 4.32. The van der Waals surface area contributed by atoms with Crippen molar-refractivity contribution in [3.8, 4) is 0 Å². The smallest absolute Gasteiger partial charge is 0.224 e. The maximum Gasteiger partial charge on any atom is 0.224 e. The molecular weight excluding hydrogens is 248 g/mol. The van der Waals surface area contributed by atoms with E-state index in [1.807, 2.05) is 0 Å². The number of nitrogens with zero attached hydrogens (tertiary/aromatic N) is 1. The van der Waals surface area contributed by atoms with Gasteiger partial charge in [0.1, 0.15) is 0 Å². The van der Waals surface area contributed by atoms with Crippen LogP contribution in [-0.4, -0.2) is 37.5 Å². The Morgan fingerprint density at radius 3 is 2.40 bits per heavy atom. The van der Waals surface area contributed by atoms with Crippen molar-refractivity contribution < 1.29 is 4.79 Å². The van der Waals surface area contributed by atoms with E-state index >= 15 is 0 Å². The molecule has 1 aliphatic rings. The summed E-state index contributed by atoms with van der Waals surface area (Å²) in [6, 6.07) is 0. The summed E-state index contributed by atoms with van der Waals surface area (Å²) in [4.78, 5) is 14.3. The van der Waals surface area contributed by atoms with E-state index in [2.05, 4.69) is 24.2 Å². The molecule has 1 aliphatic heterocycles. The molecule has 20 heavy (non-hydrogen) atoms. The van der Waals surface area contributed by atoms with E-state index in [4.69, 9.17) is 0 Å². The molecule has 0 bridgehead atoms. The summed E-state index contributed by atoms with van der Waals surface area (Å²) in [7, 11) is 2.11. The molecule has 1 saturated heterocycles. The zero-order valence-corrected chi connectivity index (χ0v) is 13.6. The standard InChI is InChI=1S/C17H34N2O/c1-3-4-5-6-7-8-9-10-13-18-17(20)16-12-11-14-19(2)15-16/h16H,3-15H2,1-2H3,(H,18,20). The Morgan fingerprint density at radius 2 is 1.75 bits per heavy atom. The summed E-state index contributed by atoms with van der Waals surface area (Å²) in [6.07, 6.45) is 12.8. The molecule has 1 atom stereocenters. The molecule has 0 spiro atoms. The highest BCUT2D eigenvalue weighted by Crippen LogP contribution is 2.15. The lowest BCUT2D eigenvalue weighted by atomic mass is 9.97. The van der Waals surface area contributed by atoms with Crippen LogP contribution in [0.15, 0.2) is 0 Å². The molecule has 3 nitrogen and oxygen atoms in total. The first-order valence-corrected chi connectivity index (χ1v) is 8.70. The molecule has 118 valence electrons. The second-order valence-corrected chi connectivity index (χ2v) is 6.37. The number of likely N-dealkylation sites (tertiary alicyclic amines) is 1. The predicted molar refractivity (Wildman–Crippen MR) is 85.8 cm³/mol. The van der Waals surface area contributed by atoms with Crippen LogP contribution in [-0.2, 0) is 4.79 Å². The van der Waals surface area contributed by atoms with Crippen molar-refractivity contribution in [2.24, 2.45) is 5.92 Å². The maximum absolute atomic E-state index is 12.0. The van der Waals surface area contributed by atoms with Crippen LogP contribution in [0.2, 0.25) is 0 Å². The quantitative estimate of drug-likeness (QED) is 0.621. The van der Waals surface area contributed by atoms with Crippen LogP contribution in [0, 0.1) is 5.92 Å². The average Bonchev–Trinajstić information content (AvgIpc) is 2.45. The lowest BCUT2D eigenvalue weighted by molar-refractivity contribution is -0.126. The van der Waals surface area contributed by atoms with Gasteiger partial charge in [0.05, 0.1) is 5.92 Å². The Hall–Kier alpha value is -0.570. The number of piperidine rings is 1. The topological polar surface area (TPSA) is 32.3 Å². The molecule has 1 amide bonds. The van der Waals surface area contributed by atoms with Crippen molar-refractivity contribution in [2.45, 2.75) is 71.1 Å². The molecular formula is C17H34N2O. The molecule has 3 heteroatoms. The Bertz CT molecular complexity index is 255. The van der Waals surface area contributed by atoms with Crippen LogP contribution in [0.4, 0.5) is 0 Å². The van der Waals surface area contributed by atoms with E-state index in [0.717, 1.165) is 38.9 Å². The maximum atomic E-state index is 12.0. The van der Waals surface area contributed by atoms with Crippen LogP contribution in [0.25, 0.3) is 0 Å². The minimum atomic E-state index is 0.225. The molecule has 0 saturated carbocycles. The summed E-state index contributed by atoms with van der Waals surface area (Å²) in [5.41, 5.74) is 0. The van der Waals surface area contributed by atoms with Gasteiger partial charge in [0.15, 0.2) is 0 Å². The summed E-state index contributed by atoms with van der Waals surface area (Å²) in [6.45, 7) is 5.20. The lowest BCUT2D eigenvalue weighted by Gasteiger charge is -2.28. The van der Waals surface area contributed by atoms with Gasteiger partial charge in [-0.2, -0.15) is 0 Å². The highest BCUT2D eigenvalue weighted by atomic mass is 16.1. The Balaban J connectivity index is 1.91. The van der Waals surface area contributed by atoms with Gasteiger partial charge in [-0.1, -0.05) is 51.9 Å². The fourth-order valence-electron chi connectivity index (χ4n) is 3.00. The zero-order chi connectivity index (χ0) is 14.6. The van der Waals surface area contributed by atoms with E-state index in [0.29, 0.717) is 0 Å². The summed E-state index contributed by atoms with van der Waals surface area (Å²) >= 11 is 0. The van der Waals surface area contributed by atoms with E-state index in [1.165, 1.54) is 44.9 Å². The summed E-state index contributed by atoms with van der Waals surface area (Å²) in [5.74, 6) is 0.502. The number of carbonyl (C=O) groups excluding carboxylic acids is 1. The minimum Gasteiger partial charge on any atom is -0.356 e. The monoisotopic (exact) mass is 282 g/mol. The predicted octanol–water partition coefficient (Wildman–Crippen LogP) is 3.59. The highest BCUT2D eigenvalue weighted by Gasteiger charge is 2.23. The molecule has 0 aromatic carbocycles. The number of unbranched alkanes of at least 4 members (excludes halogenated alkanes) is 7. The fraction of sp³-hybridized carbons (Fsp3) is 0.941. The Morgan fingerprint density at radius 1 is 1.10 bits per heavy atom.